The van der Waals surface area contributed by atoms with Gasteiger partial charge >= 0.3 is 0 Å². The first-order valence-corrected chi connectivity index (χ1v) is 5.82. The number of hydrogen-bond acceptors (Lipinski definition) is 3. The minimum Gasteiger partial charge on any atom is -0.364 e. The minimum atomic E-state index is -3.80. The Labute approximate surface area is 87.9 Å². The number of aromatic nitrogens is 1. The average Bonchev–Trinajstić information content (AvgIpc) is 2.45. The van der Waals surface area contributed by atoms with Crippen molar-refractivity contribution in [1.29, 1.82) is 0 Å². The van der Waals surface area contributed by atoms with Crippen LogP contribution in [0.4, 0.5) is 0 Å². The molecule has 6 nitrogen and oxygen atoms in total. The summed E-state index contributed by atoms with van der Waals surface area (Å²) in [5.41, 5.74) is 5.25. The second-order valence-electron chi connectivity index (χ2n) is 3.47. The fourth-order valence-electron chi connectivity index (χ4n) is 1.23. The molecule has 1 rings (SSSR count). The maximum atomic E-state index is 11.1. The molecule has 0 fully saturated rings. The average molecular weight is 231 g/mol. The van der Waals surface area contributed by atoms with Gasteiger partial charge in [0.25, 0.3) is 5.91 Å². The van der Waals surface area contributed by atoms with Crippen molar-refractivity contribution in [1.82, 2.24) is 4.57 Å². The van der Waals surface area contributed by atoms with E-state index in [1.807, 2.05) is 0 Å². The molecule has 84 valence electrons. The Balaban J connectivity index is 3.41. The smallest absolute Gasteiger partial charge is 0.265 e. The van der Waals surface area contributed by atoms with Crippen LogP contribution in [-0.2, 0) is 10.0 Å². The van der Waals surface area contributed by atoms with E-state index in [4.69, 9.17) is 10.9 Å². The second-order valence-corrected chi connectivity index (χ2v) is 5.03. The summed E-state index contributed by atoms with van der Waals surface area (Å²) in [5.74, 6) is -0.682. The van der Waals surface area contributed by atoms with Gasteiger partial charge in [-0.15, -0.1) is 0 Å². The number of nitrogens with zero attached hydrogens (tertiary/aromatic N) is 1. The zero-order valence-electron chi connectivity index (χ0n) is 8.47. The van der Waals surface area contributed by atoms with Crippen LogP contribution in [0.5, 0.6) is 0 Å². The molecule has 0 spiro atoms. The number of primary sulfonamides is 1. The predicted octanol–water partition coefficient (Wildman–Crippen LogP) is -0.185. The molecule has 0 bridgehead atoms. The third-order valence-electron chi connectivity index (χ3n) is 1.96. The molecular formula is C8H13N3O3S. The lowest BCUT2D eigenvalue weighted by molar-refractivity contribution is 0.0990. The van der Waals surface area contributed by atoms with Gasteiger partial charge in [-0.1, -0.05) is 0 Å². The van der Waals surface area contributed by atoms with Gasteiger partial charge in [-0.05, 0) is 19.9 Å². The largest absolute Gasteiger partial charge is 0.364 e. The number of rotatable bonds is 3. The number of hydrogen-bond donors (Lipinski definition) is 2. The molecule has 0 saturated carbocycles. The Kier molecular flexibility index (Phi) is 2.87. The third kappa shape index (κ3) is 2.37. The van der Waals surface area contributed by atoms with Gasteiger partial charge in [0.15, 0.2) is 0 Å². The zero-order chi connectivity index (χ0) is 11.8. The molecule has 0 aliphatic carbocycles. The Hall–Kier alpha value is -1.34. The molecule has 0 aliphatic rings. The lowest BCUT2D eigenvalue weighted by Gasteiger charge is -2.09. The highest BCUT2D eigenvalue weighted by atomic mass is 32.2. The number of carbonyl (C=O) groups excluding carboxylic acids is 1. The van der Waals surface area contributed by atoms with E-state index in [-0.39, 0.29) is 16.6 Å². The first-order valence-electron chi connectivity index (χ1n) is 4.28. The maximum Gasteiger partial charge on any atom is 0.265 e. The summed E-state index contributed by atoms with van der Waals surface area (Å²) in [5, 5.41) is 4.95. The van der Waals surface area contributed by atoms with Gasteiger partial charge in [0, 0.05) is 12.2 Å². The number of primary amides is 1. The molecule has 1 amide bonds. The number of sulfonamides is 1. The highest BCUT2D eigenvalue weighted by Crippen LogP contribution is 2.17. The van der Waals surface area contributed by atoms with E-state index < -0.39 is 15.9 Å². The van der Waals surface area contributed by atoms with Crippen molar-refractivity contribution in [2.75, 3.05) is 0 Å². The fourth-order valence-corrected chi connectivity index (χ4v) is 1.77. The number of amides is 1. The summed E-state index contributed by atoms with van der Waals surface area (Å²) in [6, 6.07) is 1.11. The van der Waals surface area contributed by atoms with Gasteiger partial charge in [-0.3, -0.25) is 4.79 Å². The van der Waals surface area contributed by atoms with Crippen LogP contribution in [0.15, 0.2) is 17.2 Å². The van der Waals surface area contributed by atoms with Crippen molar-refractivity contribution in [2.24, 2.45) is 10.9 Å². The molecule has 15 heavy (non-hydrogen) atoms. The van der Waals surface area contributed by atoms with Crippen molar-refractivity contribution in [2.45, 2.75) is 24.8 Å². The molecule has 1 aromatic heterocycles. The highest BCUT2D eigenvalue weighted by Gasteiger charge is 2.18. The quantitative estimate of drug-likeness (QED) is 0.752. The number of nitrogens with two attached hydrogens (primary N) is 2. The van der Waals surface area contributed by atoms with Crippen LogP contribution in [0.2, 0.25) is 0 Å². The summed E-state index contributed by atoms with van der Waals surface area (Å²) >= 11 is 0. The lowest BCUT2D eigenvalue weighted by atomic mass is 10.3. The van der Waals surface area contributed by atoms with Gasteiger partial charge in [0.05, 0.1) is 0 Å². The fraction of sp³-hybridized carbons (Fsp3) is 0.375. The van der Waals surface area contributed by atoms with Crippen LogP contribution < -0.4 is 10.9 Å². The Morgan fingerprint density at radius 1 is 1.47 bits per heavy atom. The van der Waals surface area contributed by atoms with E-state index in [2.05, 4.69) is 0 Å². The van der Waals surface area contributed by atoms with Crippen LogP contribution >= 0.6 is 0 Å². The second kappa shape index (κ2) is 3.67. The third-order valence-corrected chi connectivity index (χ3v) is 2.84. The molecule has 4 N–H and O–H groups in total. The molecule has 0 aliphatic heterocycles. The van der Waals surface area contributed by atoms with Crippen molar-refractivity contribution in [3.8, 4) is 0 Å². The SMILES string of the molecule is CC(C)n1cc(S(N)(=O)=O)cc1C(N)=O. The zero-order valence-corrected chi connectivity index (χ0v) is 9.28. The van der Waals surface area contributed by atoms with Crippen molar-refractivity contribution < 1.29 is 13.2 Å². The Morgan fingerprint density at radius 3 is 2.27 bits per heavy atom. The van der Waals surface area contributed by atoms with Crippen LogP contribution in [0.1, 0.15) is 30.4 Å². The first-order chi connectivity index (χ1) is 6.73. The van der Waals surface area contributed by atoms with Crippen molar-refractivity contribution in [3.63, 3.8) is 0 Å². The summed E-state index contributed by atoms with van der Waals surface area (Å²) in [7, 11) is -3.80. The normalized spacial score (nSPS) is 12.0. The van der Waals surface area contributed by atoms with Crippen molar-refractivity contribution in [3.05, 3.63) is 18.0 Å². The first kappa shape index (κ1) is 11.7. The van der Waals surface area contributed by atoms with Crippen LogP contribution in [0.25, 0.3) is 0 Å². The Bertz CT molecular complexity index is 487. The molecule has 7 heteroatoms. The molecule has 0 unspecified atom stereocenters. The van der Waals surface area contributed by atoms with E-state index >= 15 is 0 Å². The van der Waals surface area contributed by atoms with E-state index in [0.29, 0.717) is 0 Å². The highest BCUT2D eigenvalue weighted by molar-refractivity contribution is 7.89. The monoisotopic (exact) mass is 231 g/mol. The summed E-state index contributed by atoms with van der Waals surface area (Å²) in [4.78, 5) is 10.9. The molecule has 0 radical (unpaired) electrons. The van der Waals surface area contributed by atoms with Gasteiger partial charge in [-0.25, -0.2) is 13.6 Å². The topological polar surface area (TPSA) is 108 Å². The molecule has 0 saturated heterocycles. The van der Waals surface area contributed by atoms with Crippen LogP contribution in [-0.4, -0.2) is 18.9 Å². The summed E-state index contributed by atoms with van der Waals surface area (Å²) in [6.45, 7) is 3.61. The molecular weight excluding hydrogens is 218 g/mol. The van der Waals surface area contributed by atoms with E-state index in [0.717, 1.165) is 0 Å². The van der Waals surface area contributed by atoms with Crippen molar-refractivity contribution >= 4 is 15.9 Å². The van der Waals surface area contributed by atoms with Crippen LogP contribution in [0, 0.1) is 0 Å². The van der Waals surface area contributed by atoms with Gasteiger partial charge in [-0.2, -0.15) is 0 Å². The van der Waals surface area contributed by atoms with Gasteiger partial charge in [0.2, 0.25) is 10.0 Å². The van der Waals surface area contributed by atoms with Gasteiger partial charge in [0.1, 0.15) is 10.6 Å². The standard InChI is InChI=1S/C8H13N3O3S/c1-5(2)11-4-6(15(10,13)14)3-7(11)8(9)12/h3-5H,1-2H3,(H2,9,12)(H2,10,13,14). The molecule has 1 heterocycles. The predicted molar refractivity (Wildman–Crippen MR) is 54.7 cm³/mol. The van der Waals surface area contributed by atoms with Crippen LogP contribution in [0.3, 0.4) is 0 Å². The lowest BCUT2D eigenvalue weighted by Crippen LogP contribution is -2.17. The van der Waals surface area contributed by atoms with Gasteiger partial charge < -0.3 is 10.3 Å². The Morgan fingerprint density at radius 2 is 2.00 bits per heavy atom. The molecule has 0 aromatic carbocycles. The summed E-state index contributed by atoms with van der Waals surface area (Å²) in [6.07, 6.45) is 1.31. The van der Waals surface area contributed by atoms with E-state index in [1.165, 1.54) is 16.8 Å². The minimum absolute atomic E-state index is 0.0667. The maximum absolute atomic E-state index is 11.1. The summed E-state index contributed by atoms with van der Waals surface area (Å²) < 4.78 is 23.6. The number of carbonyl (C=O) groups is 1. The van der Waals surface area contributed by atoms with E-state index in [1.54, 1.807) is 13.8 Å². The molecule has 0 atom stereocenters. The van der Waals surface area contributed by atoms with E-state index in [9.17, 15) is 13.2 Å². The molecule has 1 aromatic rings.